The van der Waals surface area contributed by atoms with Crippen molar-refractivity contribution in [1.29, 1.82) is 0 Å². The van der Waals surface area contributed by atoms with E-state index in [0.29, 0.717) is 42.6 Å². The molecule has 0 N–H and O–H groups in total. The first-order chi connectivity index (χ1) is 15.3. The van der Waals surface area contributed by atoms with Crippen molar-refractivity contribution < 1.29 is 36.9 Å². The van der Waals surface area contributed by atoms with E-state index in [9.17, 15) is 18.0 Å². The van der Waals surface area contributed by atoms with Gasteiger partial charge in [0.2, 0.25) is 11.6 Å². The van der Waals surface area contributed by atoms with E-state index in [1.54, 1.807) is 12.1 Å². The maximum Gasteiger partial charge on any atom is 0.416 e. The van der Waals surface area contributed by atoms with Gasteiger partial charge in [-0.1, -0.05) is 0 Å². The Kier molecular flexibility index (Phi) is 7.32. The van der Waals surface area contributed by atoms with Gasteiger partial charge in [-0.15, -0.1) is 0 Å². The first-order valence-corrected chi connectivity index (χ1v) is 10.3. The molecule has 10 heteroatoms. The summed E-state index contributed by atoms with van der Waals surface area (Å²) in [7, 11) is 0. The second-order valence-electron chi connectivity index (χ2n) is 6.93. The van der Waals surface area contributed by atoms with Crippen LogP contribution in [-0.4, -0.2) is 54.8 Å². The number of hydrogen-bond acceptors (Lipinski definition) is 6. The summed E-state index contributed by atoms with van der Waals surface area (Å²) < 4.78 is 61.0. The summed E-state index contributed by atoms with van der Waals surface area (Å²) >= 11 is 0. The van der Waals surface area contributed by atoms with Crippen LogP contribution in [0.2, 0.25) is 0 Å². The van der Waals surface area contributed by atoms with E-state index in [-0.39, 0.29) is 24.9 Å². The second-order valence-corrected chi connectivity index (χ2v) is 6.93. The molecule has 1 amide bonds. The minimum absolute atomic E-state index is 0.129. The zero-order valence-electron chi connectivity index (χ0n) is 18.1. The number of nitrogens with zero attached hydrogens (tertiary/aromatic N) is 2. The molecule has 0 spiro atoms. The van der Waals surface area contributed by atoms with Crippen molar-refractivity contribution in [2.45, 2.75) is 33.1 Å². The number of carbonyl (C=O) groups excluding carboxylic acids is 1. The van der Waals surface area contributed by atoms with Gasteiger partial charge < -0.3 is 23.8 Å². The third-order valence-electron chi connectivity index (χ3n) is 4.64. The number of amides is 1. The number of pyridine rings is 1. The molecule has 1 fully saturated rings. The number of ether oxygens (including phenoxy) is 4. The predicted octanol–water partition coefficient (Wildman–Crippen LogP) is 4.20. The van der Waals surface area contributed by atoms with Crippen LogP contribution in [0.5, 0.6) is 23.1 Å². The highest BCUT2D eigenvalue weighted by atomic mass is 19.4. The molecule has 3 rings (SSSR count). The lowest BCUT2D eigenvalue weighted by atomic mass is 10.1. The fourth-order valence-corrected chi connectivity index (χ4v) is 3.19. The van der Waals surface area contributed by atoms with E-state index < -0.39 is 17.8 Å². The summed E-state index contributed by atoms with van der Waals surface area (Å²) in [5, 5.41) is 0. The van der Waals surface area contributed by atoms with Crippen LogP contribution >= 0.6 is 0 Å². The van der Waals surface area contributed by atoms with Gasteiger partial charge in [0.05, 0.1) is 38.5 Å². The number of rotatable bonds is 9. The first-order valence-electron chi connectivity index (χ1n) is 10.3. The largest absolute Gasteiger partial charge is 0.490 e. The zero-order valence-corrected chi connectivity index (χ0v) is 18.1. The lowest BCUT2D eigenvalue weighted by Crippen LogP contribution is -2.56. The van der Waals surface area contributed by atoms with Crippen molar-refractivity contribution >= 4 is 5.91 Å². The summed E-state index contributed by atoms with van der Waals surface area (Å²) in [6.07, 6.45) is -3.88. The summed E-state index contributed by atoms with van der Waals surface area (Å²) in [6, 6.07) is 4.92. The maximum atomic E-state index is 12.9. The molecule has 32 heavy (non-hydrogen) atoms. The highest BCUT2D eigenvalue weighted by Gasteiger charge is 2.35. The molecule has 0 radical (unpaired) electrons. The molecule has 0 unspecified atom stereocenters. The molecule has 2 heterocycles. The molecule has 1 saturated heterocycles. The van der Waals surface area contributed by atoms with Gasteiger partial charge in [0.1, 0.15) is 6.10 Å². The quantitative estimate of drug-likeness (QED) is 0.566. The Morgan fingerprint density at radius 3 is 2.16 bits per heavy atom. The van der Waals surface area contributed by atoms with Crippen molar-refractivity contribution in [3.8, 4) is 23.1 Å². The van der Waals surface area contributed by atoms with Crippen molar-refractivity contribution in [3.63, 3.8) is 0 Å². The summed E-state index contributed by atoms with van der Waals surface area (Å²) in [5.74, 6) is 0.852. The molecule has 1 aliphatic rings. The third kappa shape index (κ3) is 5.35. The van der Waals surface area contributed by atoms with E-state index in [0.717, 1.165) is 18.3 Å². The van der Waals surface area contributed by atoms with E-state index in [4.69, 9.17) is 18.9 Å². The standard InChI is InChI=1S/C22H25F3N2O5/c1-4-29-17-9-14(10-18(30-5-2)20(17)31-6-3)21(28)27-12-16(13-27)32-19-11-15(7-8-26-19)22(23,24)25/h7-11,16H,4-6,12-13H2,1-3H3. The van der Waals surface area contributed by atoms with Gasteiger partial charge in [-0.2, -0.15) is 13.2 Å². The number of aromatic nitrogens is 1. The fraction of sp³-hybridized carbons (Fsp3) is 0.455. The topological polar surface area (TPSA) is 70.1 Å². The van der Waals surface area contributed by atoms with E-state index in [2.05, 4.69) is 4.98 Å². The van der Waals surface area contributed by atoms with Crippen molar-refractivity contribution in [2.24, 2.45) is 0 Å². The summed E-state index contributed by atoms with van der Waals surface area (Å²) in [6.45, 7) is 7.09. The number of carbonyl (C=O) groups is 1. The number of alkyl halides is 3. The molecule has 0 atom stereocenters. The molecule has 174 valence electrons. The fourth-order valence-electron chi connectivity index (χ4n) is 3.19. The lowest BCUT2D eigenvalue weighted by molar-refractivity contribution is -0.137. The van der Waals surface area contributed by atoms with E-state index >= 15 is 0 Å². The summed E-state index contributed by atoms with van der Waals surface area (Å²) in [5.41, 5.74) is -0.480. The maximum absolute atomic E-state index is 12.9. The predicted molar refractivity (Wildman–Crippen MR) is 110 cm³/mol. The van der Waals surface area contributed by atoms with Crippen LogP contribution in [0, 0.1) is 0 Å². The van der Waals surface area contributed by atoms with Gasteiger partial charge in [-0.05, 0) is 39.0 Å². The van der Waals surface area contributed by atoms with Gasteiger partial charge in [0, 0.05) is 17.8 Å². The number of benzene rings is 1. The molecule has 0 bridgehead atoms. The van der Waals surface area contributed by atoms with E-state index in [1.807, 2.05) is 20.8 Å². The van der Waals surface area contributed by atoms with E-state index in [1.165, 1.54) is 4.90 Å². The molecule has 1 aliphatic heterocycles. The highest BCUT2D eigenvalue weighted by Crippen LogP contribution is 2.40. The molecule has 0 saturated carbocycles. The Bertz CT molecular complexity index is 918. The Morgan fingerprint density at radius 2 is 1.62 bits per heavy atom. The third-order valence-corrected chi connectivity index (χ3v) is 4.64. The molecule has 7 nitrogen and oxygen atoms in total. The monoisotopic (exact) mass is 454 g/mol. The molecule has 1 aromatic heterocycles. The molecular weight excluding hydrogens is 429 g/mol. The van der Waals surface area contributed by atoms with Crippen LogP contribution in [-0.2, 0) is 6.18 Å². The number of hydrogen-bond donors (Lipinski definition) is 0. The molecule has 2 aromatic rings. The Morgan fingerprint density at radius 1 is 1.03 bits per heavy atom. The Hall–Kier alpha value is -3.17. The van der Waals surface area contributed by atoms with Gasteiger partial charge in [-0.3, -0.25) is 4.79 Å². The average molecular weight is 454 g/mol. The van der Waals surface area contributed by atoms with Crippen LogP contribution in [0.3, 0.4) is 0 Å². The average Bonchev–Trinajstić information content (AvgIpc) is 2.72. The Labute approximate surface area is 184 Å². The second kappa shape index (κ2) is 9.97. The number of halogens is 3. The van der Waals surface area contributed by atoms with Gasteiger partial charge in [0.15, 0.2) is 11.5 Å². The zero-order chi connectivity index (χ0) is 23.3. The van der Waals surface area contributed by atoms with Crippen LogP contribution in [0.25, 0.3) is 0 Å². The van der Waals surface area contributed by atoms with Crippen LogP contribution in [0.15, 0.2) is 30.5 Å². The van der Waals surface area contributed by atoms with Crippen molar-refractivity contribution in [2.75, 3.05) is 32.9 Å². The van der Waals surface area contributed by atoms with Crippen LogP contribution in [0.1, 0.15) is 36.7 Å². The molecular formula is C22H25F3N2O5. The summed E-state index contributed by atoms with van der Waals surface area (Å²) in [4.78, 5) is 18.3. The molecule has 1 aromatic carbocycles. The van der Waals surface area contributed by atoms with Crippen LogP contribution in [0.4, 0.5) is 13.2 Å². The first kappa shape index (κ1) is 23.5. The smallest absolute Gasteiger partial charge is 0.416 e. The normalized spacial score (nSPS) is 14.0. The van der Waals surface area contributed by atoms with Crippen molar-refractivity contribution in [1.82, 2.24) is 9.88 Å². The van der Waals surface area contributed by atoms with Gasteiger partial charge >= 0.3 is 6.18 Å². The minimum atomic E-state index is -4.48. The van der Waals surface area contributed by atoms with Gasteiger partial charge in [0.25, 0.3) is 5.91 Å². The minimum Gasteiger partial charge on any atom is -0.490 e. The van der Waals surface area contributed by atoms with Crippen molar-refractivity contribution in [3.05, 3.63) is 41.6 Å². The molecule has 0 aliphatic carbocycles. The van der Waals surface area contributed by atoms with Crippen LogP contribution < -0.4 is 18.9 Å². The Balaban J connectivity index is 1.70. The lowest BCUT2D eigenvalue weighted by Gasteiger charge is -2.38. The highest BCUT2D eigenvalue weighted by molar-refractivity contribution is 5.96. The SMILES string of the molecule is CCOc1cc(C(=O)N2CC(Oc3cc(C(F)(F)F)ccn3)C2)cc(OCC)c1OCC. The van der Waals surface area contributed by atoms with Gasteiger partial charge in [-0.25, -0.2) is 4.98 Å². The number of likely N-dealkylation sites (tertiary alicyclic amines) is 1.